The van der Waals surface area contributed by atoms with E-state index in [0.29, 0.717) is 6.54 Å². The van der Waals surface area contributed by atoms with Crippen molar-refractivity contribution in [3.05, 3.63) is 27.7 Å². The summed E-state index contributed by atoms with van der Waals surface area (Å²) < 4.78 is 1.20. The van der Waals surface area contributed by atoms with E-state index >= 15 is 0 Å². The van der Waals surface area contributed by atoms with E-state index in [9.17, 15) is 0 Å². The Balaban J connectivity index is 2.21. The van der Waals surface area contributed by atoms with Crippen molar-refractivity contribution in [1.29, 1.82) is 0 Å². The fraction of sp³-hybridized carbons (Fsp3) is 0.571. The van der Waals surface area contributed by atoms with Crippen LogP contribution in [0.3, 0.4) is 0 Å². The van der Waals surface area contributed by atoms with Crippen molar-refractivity contribution in [2.24, 2.45) is 5.73 Å². The van der Waals surface area contributed by atoms with Crippen LogP contribution in [0.2, 0.25) is 0 Å². The Hall–Kier alpha value is -0.190. The van der Waals surface area contributed by atoms with Crippen LogP contribution in [0.5, 0.6) is 0 Å². The molecule has 0 radical (unpaired) electrons. The molecule has 0 bridgehead atoms. The van der Waals surface area contributed by atoms with Gasteiger partial charge in [-0.3, -0.25) is 0 Å². The third-order valence-electron chi connectivity index (χ3n) is 3.56. The van der Waals surface area contributed by atoms with Gasteiger partial charge in [-0.15, -0.1) is 0 Å². The molecule has 0 aromatic heterocycles. The molecule has 1 atom stereocenters. The largest absolute Gasteiger partial charge is 0.377 e. The molecule has 1 aliphatic rings. The molecule has 4 heteroatoms. The maximum absolute atomic E-state index is 6.01. The monoisotopic (exact) mass is 328 g/mol. The first kappa shape index (κ1) is 14.2. The zero-order valence-electron chi connectivity index (χ0n) is 11.1. The summed E-state index contributed by atoms with van der Waals surface area (Å²) in [6.07, 6.45) is 2.42. The summed E-state index contributed by atoms with van der Waals surface area (Å²) in [7, 11) is 0. The van der Waals surface area contributed by atoms with Gasteiger partial charge >= 0.3 is 0 Å². The normalized spacial score (nSPS) is 24.0. The van der Waals surface area contributed by atoms with Crippen LogP contribution in [0.15, 0.2) is 16.6 Å². The Bertz CT molecular complexity index is 405. The molecule has 100 valence electrons. The number of halogens is 1. The lowest BCUT2D eigenvalue weighted by Gasteiger charge is -2.37. The molecule has 1 fully saturated rings. The number of hydrogen-bond acceptors (Lipinski definition) is 3. The fourth-order valence-electron chi connectivity index (χ4n) is 2.49. The quantitative estimate of drug-likeness (QED) is 0.888. The third-order valence-corrected chi connectivity index (χ3v) is 6.14. The minimum Gasteiger partial charge on any atom is -0.377 e. The van der Waals surface area contributed by atoms with Crippen LogP contribution in [0.4, 0.5) is 5.69 Å². The predicted molar refractivity (Wildman–Crippen MR) is 85.6 cm³/mol. The third kappa shape index (κ3) is 3.03. The minimum atomic E-state index is 0.0790. The van der Waals surface area contributed by atoms with E-state index in [1.807, 2.05) is 11.8 Å². The second-order valence-corrected chi connectivity index (χ2v) is 7.09. The van der Waals surface area contributed by atoms with Gasteiger partial charge in [0.25, 0.3) is 0 Å². The number of thioether (sulfide) groups is 1. The summed E-state index contributed by atoms with van der Waals surface area (Å²) in [6, 6.07) is 4.40. The number of aryl methyl sites for hydroxylation is 2. The van der Waals surface area contributed by atoms with Crippen LogP contribution < -0.4 is 11.1 Å². The molecule has 1 aromatic rings. The van der Waals surface area contributed by atoms with Gasteiger partial charge in [-0.1, -0.05) is 15.9 Å². The molecule has 1 aliphatic heterocycles. The van der Waals surface area contributed by atoms with E-state index < -0.39 is 0 Å². The molecule has 2 rings (SSSR count). The Morgan fingerprint density at radius 3 is 2.56 bits per heavy atom. The van der Waals surface area contributed by atoms with Crippen molar-refractivity contribution < 1.29 is 0 Å². The van der Waals surface area contributed by atoms with E-state index in [1.165, 1.54) is 39.9 Å². The average molecular weight is 329 g/mol. The van der Waals surface area contributed by atoms with Gasteiger partial charge in [-0.25, -0.2) is 0 Å². The van der Waals surface area contributed by atoms with Crippen molar-refractivity contribution in [2.75, 3.05) is 23.4 Å². The van der Waals surface area contributed by atoms with Gasteiger partial charge in [-0.2, -0.15) is 11.8 Å². The lowest BCUT2D eigenvalue weighted by Crippen LogP contribution is -2.49. The molecule has 0 aliphatic carbocycles. The molecular weight excluding hydrogens is 308 g/mol. The van der Waals surface area contributed by atoms with Crippen LogP contribution in [0.1, 0.15) is 24.0 Å². The molecule has 3 N–H and O–H groups in total. The average Bonchev–Trinajstić information content (AvgIpc) is 2.37. The van der Waals surface area contributed by atoms with E-state index in [0.717, 1.165) is 5.75 Å². The van der Waals surface area contributed by atoms with Crippen LogP contribution in [0.25, 0.3) is 0 Å². The first-order valence-corrected chi connectivity index (χ1v) is 8.34. The SMILES string of the molecule is Cc1cc(NC2(CN)CCCSC2)cc(C)c1Br. The van der Waals surface area contributed by atoms with E-state index in [4.69, 9.17) is 5.73 Å². The number of nitrogens with one attached hydrogen (secondary N) is 1. The summed E-state index contributed by atoms with van der Waals surface area (Å²) in [5.41, 5.74) is 9.82. The smallest absolute Gasteiger partial charge is 0.0586 e. The molecule has 0 spiro atoms. The standard InChI is InChI=1S/C14H21BrN2S/c1-10-6-12(7-11(2)13(10)15)17-14(8-16)4-3-5-18-9-14/h6-7,17H,3-5,8-9,16H2,1-2H3. The van der Waals surface area contributed by atoms with Gasteiger partial charge in [0.2, 0.25) is 0 Å². The first-order valence-electron chi connectivity index (χ1n) is 6.39. The molecule has 1 saturated heterocycles. The summed E-state index contributed by atoms with van der Waals surface area (Å²) in [5.74, 6) is 2.37. The summed E-state index contributed by atoms with van der Waals surface area (Å²) in [6.45, 7) is 4.97. The van der Waals surface area contributed by atoms with Gasteiger partial charge < -0.3 is 11.1 Å². The Morgan fingerprint density at radius 2 is 2.06 bits per heavy atom. The number of hydrogen-bond donors (Lipinski definition) is 2. The lowest BCUT2D eigenvalue weighted by molar-refractivity contribution is 0.476. The predicted octanol–water partition coefficient (Wildman–Crippen LogP) is 3.70. The van der Waals surface area contributed by atoms with Crippen LogP contribution in [-0.4, -0.2) is 23.6 Å². The van der Waals surface area contributed by atoms with Crippen molar-refractivity contribution in [1.82, 2.24) is 0 Å². The van der Waals surface area contributed by atoms with Gasteiger partial charge in [0.1, 0.15) is 0 Å². The summed E-state index contributed by atoms with van der Waals surface area (Å²) in [5, 5.41) is 3.69. The van der Waals surface area contributed by atoms with Crippen molar-refractivity contribution in [3.63, 3.8) is 0 Å². The van der Waals surface area contributed by atoms with E-state index in [-0.39, 0.29) is 5.54 Å². The topological polar surface area (TPSA) is 38.0 Å². The highest BCUT2D eigenvalue weighted by molar-refractivity contribution is 9.10. The van der Waals surface area contributed by atoms with Gasteiger partial charge in [0.15, 0.2) is 0 Å². The number of benzene rings is 1. The summed E-state index contributed by atoms with van der Waals surface area (Å²) >= 11 is 5.62. The highest BCUT2D eigenvalue weighted by Crippen LogP contribution is 2.32. The van der Waals surface area contributed by atoms with E-state index in [1.54, 1.807) is 0 Å². The molecule has 2 nitrogen and oxygen atoms in total. The zero-order valence-corrected chi connectivity index (χ0v) is 13.5. The molecule has 1 unspecified atom stereocenters. The van der Waals surface area contributed by atoms with Gasteiger partial charge in [0, 0.05) is 22.5 Å². The fourth-order valence-corrected chi connectivity index (χ4v) is 3.93. The zero-order chi connectivity index (χ0) is 13.2. The van der Waals surface area contributed by atoms with Gasteiger partial charge in [-0.05, 0) is 55.7 Å². The maximum atomic E-state index is 6.01. The highest BCUT2D eigenvalue weighted by Gasteiger charge is 2.30. The van der Waals surface area contributed by atoms with Crippen LogP contribution in [-0.2, 0) is 0 Å². The number of rotatable bonds is 3. The summed E-state index contributed by atoms with van der Waals surface area (Å²) in [4.78, 5) is 0. The highest BCUT2D eigenvalue weighted by atomic mass is 79.9. The minimum absolute atomic E-state index is 0.0790. The number of anilines is 1. The van der Waals surface area contributed by atoms with Gasteiger partial charge in [0.05, 0.1) is 5.54 Å². The Morgan fingerprint density at radius 1 is 1.39 bits per heavy atom. The molecule has 1 heterocycles. The second kappa shape index (κ2) is 5.85. The second-order valence-electron chi connectivity index (χ2n) is 5.19. The van der Waals surface area contributed by atoms with E-state index in [2.05, 4.69) is 47.2 Å². The maximum Gasteiger partial charge on any atom is 0.0586 e. The molecule has 0 saturated carbocycles. The van der Waals surface area contributed by atoms with Crippen LogP contribution in [0, 0.1) is 13.8 Å². The van der Waals surface area contributed by atoms with Crippen molar-refractivity contribution >= 4 is 33.4 Å². The number of nitrogens with two attached hydrogens (primary N) is 1. The molecule has 18 heavy (non-hydrogen) atoms. The van der Waals surface area contributed by atoms with Crippen molar-refractivity contribution in [2.45, 2.75) is 32.2 Å². The lowest BCUT2D eigenvalue weighted by atomic mass is 9.94. The Labute approximate surface area is 122 Å². The van der Waals surface area contributed by atoms with Crippen molar-refractivity contribution in [3.8, 4) is 0 Å². The Kier molecular flexibility index (Phi) is 4.62. The molecule has 1 aromatic carbocycles. The molecule has 0 amide bonds. The molecular formula is C14H21BrN2S. The first-order chi connectivity index (χ1) is 8.56. The van der Waals surface area contributed by atoms with Crippen LogP contribution >= 0.6 is 27.7 Å².